The largest absolute Gasteiger partial charge is 0.507 e. The van der Waals surface area contributed by atoms with E-state index in [4.69, 9.17) is 5.11 Å². The van der Waals surface area contributed by atoms with Gasteiger partial charge >= 0.3 is 5.97 Å². The molecule has 18 heavy (non-hydrogen) atoms. The third-order valence-corrected chi connectivity index (χ3v) is 3.27. The van der Waals surface area contributed by atoms with Crippen LogP contribution in [0.2, 0.25) is 0 Å². The zero-order valence-electron chi connectivity index (χ0n) is 10.1. The van der Waals surface area contributed by atoms with Gasteiger partial charge in [0.1, 0.15) is 11.8 Å². The molecule has 0 radical (unpaired) electrons. The molecule has 1 heterocycles. The van der Waals surface area contributed by atoms with Crippen molar-refractivity contribution in [2.24, 2.45) is 0 Å². The first kappa shape index (κ1) is 12.4. The Kier molecular flexibility index (Phi) is 3.23. The SMILES string of the molecule is Cc1cccc(C(=O)N2CCCC2C(=O)O)c1O. The number of para-hydroxylation sites is 1. The molecule has 0 spiro atoms. The van der Waals surface area contributed by atoms with E-state index < -0.39 is 17.9 Å². The number of phenolic OH excluding ortho intramolecular Hbond substituents is 1. The highest BCUT2D eigenvalue weighted by molar-refractivity contribution is 5.99. The van der Waals surface area contributed by atoms with Gasteiger partial charge in [-0.05, 0) is 31.4 Å². The number of aryl methyl sites for hydroxylation is 1. The summed E-state index contributed by atoms with van der Waals surface area (Å²) < 4.78 is 0. The van der Waals surface area contributed by atoms with Gasteiger partial charge in [-0.15, -0.1) is 0 Å². The van der Waals surface area contributed by atoms with Gasteiger partial charge in [-0.1, -0.05) is 12.1 Å². The van der Waals surface area contributed by atoms with Gasteiger partial charge in [-0.25, -0.2) is 4.79 Å². The lowest BCUT2D eigenvalue weighted by atomic mass is 10.1. The lowest BCUT2D eigenvalue weighted by Gasteiger charge is -2.22. The molecule has 0 bridgehead atoms. The Morgan fingerprint density at radius 3 is 2.78 bits per heavy atom. The number of likely N-dealkylation sites (tertiary alicyclic amines) is 1. The van der Waals surface area contributed by atoms with Gasteiger partial charge in [-0.2, -0.15) is 0 Å². The molecule has 5 heteroatoms. The number of nitrogens with zero attached hydrogens (tertiary/aromatic N) is 1. The summed E-state index contributed by atoms with van der Waals surface area (Å²) in [7, 11) is 0. The zero-order valence-corrected chi connectivity index (χ0v) is 10.1. The van der Waals surface area contributed by atoms with Crippen LogP contribution in [-0.4, -0.2) is 39.6 Å². The molecule has 1 amide bonds. The van der Waals surface area contributed by atoms with E-state index in [9.17, 15) is 14.7 Å². The summed E-state index contributed by atoms with van der Waals surface area (Å²) >= 11 is 0. The number of hydrogen-bond acceptors (Lipinski definition) is 3. The molecule has 0 saturated carbocycles. The average Bonchev–Trinajstić information content (AvgIpc) is 2.81. The molecular formula is C13H15NO4. The van der Waals surface area contributed by atoms with E-state index in [2.05, 4.69) is 0 Å². The Balaban J connectivity index is 2.31. The summed E-state index contributed by atoms with van der Waals surface area (Å²) in [6, 6.07) is 4.11. The summed E-state index contributed by atoms with van der Waals surface area (Å²) in [5.41, 5.74) is 0.773. The van der Waals surface area contributed by atoms with E-state index in [-0.39, 0.29) is 11.3 Å². The van der Waals surface area contributed by atoms with Crippen LogP contribution in [0, 0.1) is 6.92 Å². The van der Waals surface area contributed by atoms with Crippen LogP contribution in [0.3, 0.4) is 0 Å². The van der Waals surface area contributed by atoms with Crippen molar-refractivity contribution in [3.05, 3.63) is 29.3 Å². The fourth-order valence-corrected chi connectivity index (χ4v) is 2.25. The van der Waals surface area contributed by atoms with E-state index in [0.717, 1.165) is 0 Å². The van der Waals surface area contributed by atoms with E-state index in [1.54, 1.807) is 19.1 Å². The van der Waals surface area contributed by atoms with Crippen LogP contribution in [0.5, 0.6) is 5.75 Å². The van der Waals surface area contributed by atoms with E-state index in [0.29, 0.717) is 24.9 Å². The first-order chi connectivity index (χ1) is 8.52. The summed E-state index contributed by atoms with van der Waals surface area (Å²) in [5, 5.41) is 18.9. The Morgan fingerprint density at radius 2 is 2.11 bits per heavy atom. The Morgan fingerprint density at radius 1 is 1.39 bits per heavy atom. The lowest BCUT2D eigenvalue weighted by Crippen LogP contribution is -2.40. The fraction of sp³-hybridized carbons (Fsp3) is 0.385. The smallest absolute Gasteiger partial charge is 0.326 e. The minimum Gasteiger partial charge on any atom is -0.507 e. The second-order valence-corrected chi connectivity index (χ2v) is 4.47. The van der Waals surface area contributed by atoms with Crippen molar-refractivity contribution in [3.63, 3.8) is 0 Å². The van der Waals surface area contributed by atoms with Crippen LogP contribution >= 0.6 is 0 Å². The Bertz CT molecular complexity index is 498. The molecule has 2 N–H and O–H groups in total. The Hall–Kier alpha value is -2.04. The maximum Gasteiger partial charge on any atom is 0.326 e. The van der Waals surface area contributed by atoms with Crippen LogP contribution < -0.4 is 0 Å². The number of benzene rings is 1. The maximum absolute atomic E-state index is 12.2. The highest BCUT2D eigenvalue weighted by Crippen LogP contribution is 2.26. The highest BCUT2D eigenvalue weighted by Gasteiger charge is 2.35. The number of carbonyl (C=O) groups is 2. The first-order valence-electron chi connectivity index (χ1n) is 5.84. The maximum atomic E-state index is 12.2. The molecule has 1 fully saturated rings. The van der Waals surface area contributed by atoms with Crippen molar-refractivity contribution in [1.29, 1.82) is 0 Å². The number of carboxylic acids is 1. The molecule has 1 atom stereocenters. The van der Waals surface area contributed by atoms with Crippen molar-refractivity contribution >= 4 is 11.9 Å². The number of amides is 1. The molecule has 5 nitrogen and oxygen atoms in total. The van der Waals surface area contributed by atoms with Gasteiger partial charge in [0.25, 0.3) is 5.91 Å². The summed E-state index contributed by atoms with van der Waals surface area (Å²) in [4.78, 5) is 24.6. The van der Waals surface area contributed by atoms with Crippen LogP contribution in [0.25, 0.3) is 0 Å². The van der Waals surface area contributed by atoms with Crippen molar-refractivity contribution in [2.45, 2.75) is 25.8 Å². The third kappa shape index (κ3) is 2.03. The molecule has 2 rings (SSSR count). The lowest BCUT2D eigenvalue weighted by molar-refractivity contribution is -0.141. The van der Waals surface area contributed by atoms with Gasteiger partial charge in [0.2, 0.25) is 0 Å². The predicted octanol–water partition coefficient (Wildman–Crippen LogP) is 1.39. The van der Waals surface area contributed by atoms with Crippen LogP contribution in [0.4, 0.5) is 0 Å². The zero-order chi connectivity index (χ0) is 13.3. The summed E-state index contributed by atoms with van der Waals surface area (Å²) in [6.07, 6.45) is 1.14. The molecule has 1 aliphatic heterocycles. The molecule has 1 saturated heterocycles. The number of hydrogen-bond donors (Lipinski definition) is 2. The van der Waals surface area contributed by atoms with Crippen LogP contribution in [-0.2, 0) is 4.79 Å². The average molecular weight is 249 g/mol. The molecule has 1 unspecified atom stereocenters. The fourth-order valence-electron chi connectivity index (χ4n) is 2.25. The van der Waals surface area contributed by atoms with E-state index in [1.165, 1.54) is 11.0 Å². The quantitative estimate of drug-likeness (QED) is 0.830. The van der Waals surface area contributed by atoms with Crippen molar-refractivity contribution < 1.29 is 19.8 Å². The minimum absolute atomic E-state index is 0.0708. The monoisotopic (exact) mass is 249 g/mol. The summed E-state index contributed by atoms with van der Waals surface area (Å²) in [5.74, 6) is -1.48. The molecule has 1 aromatic rings. The van der Waals surface area contributed by atoms with Crippen molar-refractivity contribution in [2.75, 3.05) is 6.54 Å². The molecule has 1 aliphatic rings. The number of carbonyl (C=O) groups excluding carboxylic acids is 1. The van der Waals surface area contributed by atoms with Crippen LogP contribution in [0.15, 0.2) is 18.2 Å². The third-order valence-electron chi connectivity index (χ3n) is 3.27. The first-order valence-corrected chi connectivity index (χ1v) is 5.84. The standard InChI is InChI=1S/C13H15NO4/c1-8-4-2-5-9(11(8)15)12(16)14-7-3-6-10(14)13(17)18/h2,4-5,10,15H,3,6-7H2,1H3,(H,17,18). The second-order valence-electron chi connectivity index (χ2n) is 4.47. The number of aromatic hydroxyl groups is 1. The van der Waals surface area contributed by atoms with Gasteiger partial charge in [0.05, 0.1) is 5.56 Å². The van der Waals surface area contributed by atoms with Gasteiger partial charge in [0, 0.05) is 6.54 Å². The molecule has 0 aliphatic carbocycles. The predicted molar refractivity (Wildman–Crippen MR) is 64.5 cm³/mol. The van der Waals surface area contributed by atoms with E-state index >= 15 is 0 Å². The second kappa shape index (κ2) is 4.68. The van der Waals surface area contributed by atoms with Gasteiger partial charge in [0.15, 0.2) is 0 Å². The van der Waals surface area contributed by atoms with Crippen molar-refractivity contribution in [3.8, 4) is 5.75 Å². The molecule has 96 valence electrons. The number of phenols is 1. The molecule has 1 aromatic carbocycles. The normalized spacial score (nSPS) is 18.9. The Labute approximate surface area is 105 Å². The van der Waals surface area contributed by atoms with Gasteiger partial charge in [-0.3, -0.25) is 4.79 Å². The van der Waals surface area contributed by atoms with E-state index in [1.807, 2.05) is 0 Å². The number of carboxylic acid groups (broad SMARTS) is 1. The summed E-state index contributed by atoms with van der Waals surface area (Å²) in [6.45, 7) is 2.12. The van der Waals surface area contributed by atoms with Crippen LogP contribution in [0.1, 0.15) is 28.8 Å². The molecular weight excluding hydrogens is 234 g/mol. The minimum atomic E-state index is -0.993. The van der Waals surface area contributed by atoms with Crippen molar-refractivity contribution in [1.82, 2.24) is 4.90 Å². The highest BCUT2D eigenvalue weighted by atomic mass is 16.4. The molecule has 0 aromatic heterocycles. The topological polar surface area (TPSA) is 77.8 Å². The number of rotatable bonds is 2. The van der Waals surface area contributed by atoms with Gasteiger partial charge < -0.3 is 15.1 Å². The number of aliphatic carboxylic acids is 1.